The highest BCUT2D eigenvalue weighted by molar-refractivity contribution is 5.88. The lowest BCUT2D eigenvalue weighted by atomic mass is 9.97. The van der Waals surface area contributed by atoms with Gasteiger partial charge < -0.3 is 203 Å². The van der Waals surface area contributed by atoms with Gasteiger partial charge in [0.1, 0.15) is 172 Å². The number of carbonyl (C=O) groups is 3. The molecule has 6 fully saturated rings. The van der Waals surface area contributed by atoms with Crippen molar-refractivity contribution in [3.05, 3.63) is 136 Å². The number of aliphatic hydroxyl groups is 20. The van der Waals surface area contributed by atoms with E-state index in [-0.39, 0.29) is 56.6 Å². The molecule has 6 saturated heterocycles. The van der Waals surface area contributed by atoms with Gasteiger partial charge in [-0.2, -0.15) is 0 Å². The second-order valence-electron chi connectivity index (χ2n) is 29.1. The molecular formula is C79H90O45. The van der Waals surface area contributed by atoms with Gasteiger partial charge in [-0.15, -0.1) is 0 Å². The molecule has 676 valence electrons. The fraction of sp³-hybridized carbons (Fsp3) is 0.468. The first-order valence-corrected chi connectivity index (χ1v) is 37.9. The molecule has 0 amide bonds. The van der Waals surface area contributed by atoms with E-state index in [1.807, 2.05) is 0 Å². The number of fused-ring (bicyclic) bond motifs is 1. The SMILES string of the molecule is COc1cc(-c2oc3cc(=O)cc(O[C@@H]4O[C@H](CO)[C@@H](O)[C@H](O)[C@H]4O)c-3cc2O[C@H]2O[C@@H](COC(=O)/C=C/c3ccc(O[C@@H]4O[C@H](COC(=O)/C=C/c5ccc(O[C@@H]6O[C@H](CO)[C@@H](O)[C@H](O)[C@H]6O)c(O)c5)[C@@H](O)[C@H](O)[C@H]4O)c(O)c3)[C@H](O)[C@@H](O)[C@@H]2O[C@H]2O[C@@H](COC(=O)/C=C/c3ccc(O[C@@H]4O[C@H](CO)[C@@H](O)[C@H](O)[C@H]4O)c(O)c3)[C@H](O)[C@@H](O)[C@@H]2O)ccc1O. The van der Waals surface area contributed by atoms with E-state index in [0.29, 0.717) is 0 Å². The van der Waals surface area contributed by atoms with Gasteiger partial charge in [-0.05, 0) is 95.6 Å². The summed E-state index contributed by atoms with van der Waals surface area (Å²) in [6, 6.07) is 17.3. The first kappa shape index (κ1) is 93.0. The predicted molar refractivity (Wildman–Crippen MR) is 403 cm³/mol. The number of ether oxygens (including phenoxy) is 16. The van der Waals surface area contributed by atoms with E-state index < -0.39 is 287 Å². The van der Waals surface area contributed by atoms with E-state index in [1.165, 1.54) is 55.7 Å². The molecule has 7 heterocycles. The topological polar surface area (TPSA) is 715 Å². The van der Waals surface area contributed by atoms with Crippen molar-refractivity contribution in [3.63, 3.8) is 0 Å². The van der Waals surface area contributed by atoms with Crippen molar-refractivity contribution >= 4 is 36.1 Å². The minimum Gasteiger partial charge on any atom is -0.504 e. The van der Waals surface area contributed by atoms with Gasteiger partial charge >= 0.3 is 17.9 Å². The number of aliphatic hydroxyl groups excluding tert-OH is 20. The Balaban J connectivity index is 0.739. The molecule has 0 bridgehead atoms. The molecule has 0 spiro atoms. The quantitative estimate of drug-likeness (QED) is 0.0118. The van der Waals surface area contributed by atoms with Crippen molar-refractivity contribution in [2.24, 2.45) is 0 Å². The molecule has 45 heteroatoms. The molecule has 30 atom stereocenters. The van der Waals surface area contributed by atoms with Crippen molar-refractivity contribution in [1.82, 2.24) is 0 Å². The standard InChI is InChI=1S/C79H90O45/c1-108-44-19-32(8-9-35(44)84)72-45(22-34-42(112-72)20-33(83)21-43(34)116-77-69(105)63(99)57(93)48(25-82)120-77)117-79-73(124-78-71(107)65(101)59(95)50(122-78)27-110-53(89)14-6-30-3-11-40(37(86)17-30)114-75-68(104)62(98)56(92)47(24-81)119-75)66(102)60(96)51(123-79)28-111-54(90)15-7-31-4-12-41(38(87)18-31)115-76-70(106)64(100)58(94)49(121-76)26-109-52(88)13-5-29-2-10-39(36(85)16-29)113-74-67(103)61(97)55(91)46(23-80)118-74/h2-22,46-51,55-71,73-82,84-87,91-107H,23-28H2,1H3/b13-5+,14-6+,15-7+/t46-,47-,48-,49-,50+,51+,55-,56-,57-,58-,59+,60+,61+,62+,63+,64+,65-,66-,67-,68-,69-,70-,71+,73+,74-,75-,76-,77-,78-,79+/m1/s1. The van der Waals surface area contributed by atoms with E-state index in [1.54, 1.807) is 0 Å². The molecule has 8 aliphatic rings. The maximum atomic E-state index is 13.6. The predicted octanol–water partition coefficient (Wildman–Crippen LogP) is -7.25. The molecule has 4 aromatic carbocycles. The molecule has 0 unspecified atom stereocenters. The van der Waals surface area contributed by atoms with E-state index in [4.69, 9.17) is 80.2 Å². The van der Waals surface area contributed by atoms with Crippen LogP contribution in [0.25, 0.3) is 40.9 Å². The summed E-state index contributed by atoms with van der Waals surface area (Å²) in [5.74, 6) is -8.44. The maximum absolute atomic E-state index is 13.6. The zero-order valence-corrected chi connectivity index (χ0v) is 64.5. The number of phenolic OH excluding ortho intramolecular Hbond substituents is 4. The number of benzene rings is 5. The molecule has 124 heavy (non-hydrogen) atoms. The Labute approximate surface area is 698 Å². The lowest BCUT2D eigenvalue weighted by Crippen LogP contribution is -2.65. The van der Waals surface area contributed by atoms with Crippen molar-refractivity contribution in [1.29, 1.82) is 0 Å². The van der Waals surface area contributed by atoms with Gasteiger partial charge in [0, 0.05) is 35.9 Å². The van der Waals surface area contributed by atoms with Gasteiger partial charge in [-0.25, -0.2) is 14.4 Å². The first-order valence-electron chi connectivity index (χ1n) is 37.9. The second-order valence-corrected chi connectivity index (χ2v) is 29.1. The Kier molecular flexibility index (Phi) is 30.3. The number of rotatable bonds is 29. The van der Waals surface area contributed by atoms with Gasteiger partial charge in [0.25, 0.3) is 0 Å². The number of phenols is 4. The third kappa shape index (κ3) is 21.0. The summed E-state index contributed by atoms with van der Waals surface area (Å²) in [6.45, 7) is -5.08. The summed E-state index contributed by atoms with van der Waals surface area (Å²) in [7, 11) is 1.19. The summed E-state index contributed by atoms with van der Waals surface area (Å²) >= 11 is 0. The molecule has 24 N–H and O–H groups in total. The van der Waals surface area contributed by atoms with Crippen LogP contribution in [0.4, 0.5) is 0 Å². The fourth-order valence-electron chi connectivity index (χ4n) is 13.6. The van der Waals surface area contributed by atoms with Crippen LogP contribution in [0.1, 0.15) is 16.7 Å². The molecule has 0 radical (unpaired) electrons. The van der Waals surface area contributed by atoms with Crippen LogP contribution in [0.2, 0.25) is 0 Å². The second kappa shape index (κ2) is 40.4. The van der Waals surface area contributed by atoms with Crippen molar-refractivity contribution in [2.75, 3.05) is 46.8 Å². The fourth-order valence-corrected chi connectivity index (χ4v) is 13.6. The Morgan fingerprint density at radius 3 is 1.06 bits per heavy atom. The largest absolute Gasteiger partial charge is 0.504 e. The highest BCUT2D eigenvalue weighted by Crippen LogP contribution is 2.46. The van der Waals surface area contributed by atoms with E-state index >= 15 is 0 Å². The molecule has 45 nitrogen and oxygen atoms in total. The van der Waals surface area contributed by atoms with E-state index in [0.717, 1.165) is 78.9 Å². The Hall–Kier alpha value is -10.1. The molecule has 1 aliphatic carbocycles. The van der Waals surface area contributed by atoms with Crippen LogP contribution < -0.4 is 33.8 Å². The smallest absolute Gasteiger partial charge is 0.330 e. The zero-order valence-electron chi connectivity index (χ0n) is 64.5. The van der Waals surface area contributed by atoms with Gasteiger partial charge in [0.15, 0.2) is 75.3 Å². The third-order valence-corrected chi connectivity index (χ3v) is 20.6. The normalized spacial score (nSPS) is 34.0. The molecule has 0 aromatic heterocycles. The molecule has 7 aliphatic heterocycles. The van der Waals surface area contributed by atoms with Gasteiger partial charge in [0.2, 0.25) is 31.5 Å². The van der Waals surface area contributed by atoms with Crippen molar-refractivity contribution in [3.8, 4) is 80.1 Å². The number of carbonyl (C=O) groups excluding carboxylic acids is 3. The van der Waals surface area contributed by atoms with Crippen LogP contribution in [0.5, 0.6) is 57.5 Å². The summed E-state index contributed by atoms with van der Waals surface area (Å²) in [5, 5.41) is 256. The van der Waals surface area contributed by atoms with Gasteiger partial charge in [-0.1, -0.05) is 18.2 Å². The van der Waals surface area contributed by atoms with Crippen LogP contribution in [0.3, 0.4) is 0 Å². The van der Waals surface area contributed by atoms with Crippen LogP contribution in [0.15, 0.2) is 118 Å². The minimum absolute atomic E-state index is 0.0232. The summed E-state index contributed by atoms with van der Waals surface area (Å²) in [6.07, 6.45) is -50.6. The molecule has 0 saturated carbocycles. The number of methoxy groups -OCH3 is 1. The zero-order chi connectivity index (χ0) is 89.6. The molecule has 4 aromatic rings. The summed E-state index contributed by atoms with van der Waals surface area (Å²) in [4.78, 5) is 53.1. The third-order valence-electron chi connectivity index (χ3n) is 20.6. The van der Waals surface area contributed by atoms with Crippen molar-refractivity contribution < 1.29 is 217 Å². The first-order chi connectivity index (χ1) is 59.1. The lowest BCUT2D eigenvalue weighted by molar-refractivity contribution is -0.358. The van der Waals surface area contributed by atoms with E-state index in [2.05, 4.69) is 0 Å². The monoisotopic (exact) mass is 1760 g/mol. The lowest BCUT2D eigenvalue weighted by Gasteiger charge is -2.46. The minimum atomic E-state index is -2.33. The number of esters is 3. The van der Waals surface area contributed by atoms with Crippen LogP contribution in [0, 0.1) is 0 Å². The number of hydrogen-bond acceptors (Lipinski definition) is 45. The Morgan fingerprint density at radius 2 is 0.677 bits per heavy atom. The average Bonchev–Trinajstić information content (AvgIpc) is 0.759. The van der Waals surface area contributed by atoms with E-state index in [9.17, 15) is 142 Å². The van der Waals surface area contributed by atoms with Crippen LogP contribution in [-0.4, -0.2) is 371 Å². The number of hydrogen-bond donors (Lipinski definition) is 24. The highest BCUT2D eigenvalue weighted by atomic mass is 16.8. The average molecular weight is 1760 g/mol. The van der Waals surface area contributed by atoms with Crippen LogP contribution >= 0.6 is 0 Å². The summed E-state index contributed by atoms with van der Waals surface area (Å²) < 4.78 is 96.7. The van der Waals surface area contributed by atoms with Crippen molar-refractivity contribution in [2.45, 2.75) is 184 Å². The van der Waals surface area contributed by atoms with Crippen LogP contribution in [-0.2, 0) is 61.8 Å². The number of aromatic hydroxyl groups is 4. The maximum Gasteiger partial charge on any atom is 0.330 e. The van der Waals surface area contributed by atoms with Gasteiger partial charge in [-0.3, -0.25) is 4.79 Å². The Morgan fingerprint density at radius 1 is 0.339 bits per heavy atom. The molecule has 12 rings (SSSR count). The Bertz CT molecular complexity index is 4760. The van der Waals surface area contributed by atoms with Gasteiger partial charge in [0.05, 0.1) is 32.5 Å². The summed E-state index contributed by atoms with van der Waals surface area (Å²) in [5.41, 5.74) is -0.697. The molecular weight excluding hydrogens is 1670 g/mol. The highest BCUT2D eigenvalue weighted by Gasteiger charge is 2.54.